The minimum absolute atomic E-state index is 0.00691. The molecule has 0 unspecified atom stereocenters. The number of carbonyl (C=O) groups excluding carboxylic acids is 1. The Labute approximate surface area is 124 Å². The number of para-hydroxylation sites is 1. The molecule has 2 saturated heterocycles. The van der Waals surface area contributed by atoms with Crippen molar-refractivity contribution in [3.05, 3.63) is 30.1 Å². The maximum atomic E-state index is 13.9. The van der Waals surface area contributed by atoms with Gasteiger partial charge in [0.25, 0.3) is 0 Å². The fourth-order valence-corrected chi connectivity index (χ4v) is 3.18. The van der Waals surface area contributed by atoms with Crippen molar-refractivity contribution in [2.45, 2.75) is 19.4 Å². The molecule has 0 aliphatic carbocycles. The molecule has 4 nitrogen and oxygen atoms in total. The van der Waals surface area contributed by atoms with Gasteiger partial charge in [-0.1, -0.05) is 12.1 Å². The predicted molar refractivity (Wildman–Crippen MR) is 78.7 cm³/mol. The van der Waals surface area contributed by atoms with Crippen molar-refractivity contribution in [3.8, 4) is 0 Å². The van der Waals surface area contributed by atoms with Gasteiger partial charge in [-0.25, -0.2) is 4.39 Å². The third-order valence-electron chi connectivity index (χ3n) is 4.38. The molecular formula is C16H21FN2O2. The summed E-state index contributed by atoms with van der Waals surface area (Å²) in [5, 5.41) is 0. The molecule has 0 radical (unpaired) electrons. The van der Waals surface area contributed by atoms with Crippen molar-refractivity contribution in [2.75, 3.05) is 37.7 Å². The summed E-state index contributed by atoms with van der Waals surface area (Å²) in [4.78, 5) is 16.4. The van der Waals surface area contributed by atoms with Crippen molar-refractivity contribution in [2.24, 2.45) is 5.92 Å². The second kappa shape index (κ2) is 6.02. The molecule has 0 bridgehead atoms. The van der Waals surface area contributed by atoms with Crippen LogP contribution in [0.15, 0.2) is 24.3 Å². The third-order valence-corrected chi connectivity index (χ3v) is 4.38. The quantitative estimate of drug-likeness (QED) is 0.834. The van der Waals surface area contributed by atoms with Gasteiger partial charge in [0, 0.05) is 32.3 Å². The lowest BCUT2D eigenvalue weighted by molar-refractivity contribution is -0.137. The zero-order chi connectivity index (χ0) is 14.8. The number of ether oxygens (including phenoxy) is 1. The van der Waals surface area contributed by atoms with Gasteiger partial charge in [0.15, 0.2) is 0 Å². The second-order valence-electron chi connectivity index (χ2n) is 5.84. The minimum atomic E-state index is -0.200. The van der Waals surface area contributed by atoms with E-state index < -0.39 is 0 Å². The van der Waals surface area contributed by atoms with E-state index in [0.717, 1.165) is 6.42 Å². The molecule has 114 valence electrons. The van der Waals surface area contributed by atoms with E-state index >= 15 is 0 Å². The van der Waals surface area contributed by atoms with E-state index in [0.29, 0.717) is 38.5 Å². The maximum Gasteiger partial charge on any atom is 0.228 e. The highest BCUT2D eigenvalue weighted by Crippen LogP contribution is 2.24. The number of hydrogen-bond donors (Lipinski definition) is 0. The smallest absolute Gasteiger partial charge is 0.228 e. The van der Waals surface area contributed by atoms with Crippen LogP contribution in [0.1, 0.15) is 13.3 Å². The van der Waals surface area contributed by atoms with Crippen molar-refractivity contribution in [3.63, 3.8) is 0 Å². The van der Waals surface area contributed by atoms with E-state index in [1.807, 2.05) is 22.8 Å². The van der Waals surface area contributed by atoms with Crippen molar-refractivity contribution < 1.29 is 13.9 Å². The summed E-state index contributed by atoms with van der Waals surface area (Å²) >= 11 is 0. The first-order valence-electron chi connectivity index (χ1n) is 7.54. The van der Waals surface area contributed by atoms with Crippen LogP contribution in [0.2, 0.25) is 0 Å². The lowest BCUT2D eigenvalue weighted by Gasteiger charge is -2.41. The molecule has 3 rings (SSSR count). The van der Waals surface area contributed by atoms with Gasteiger partial charge in [0.2, 0.25) is 5.91 Å². The zero-order valence-electron chi connectivity index (χ0n) is 12.3. The van der Waals surface area contributed by atoms with Gasteiger partial charge >= 0.3 is 0 Å². The lowest BCUT2D eigenvalue weighted by atomic mass is 10.0. The van der Waals surface area contributed by atoms with E-state index in [1.165, 1.54) is 6.07 Å². The van der Waals surface area contributed by atoms with Crippen LogP contribution in [0, 0.1) is 11.7 Å². The predicted octanol–water partition coefficient (Wildman–Crippen LogP) is 1.90. The van der Waals surface area contributed by atoms with Crippen molar-refractivity contribution in [1.82, 2.24) is 4.90 Å². The Morgan fingerprint density at radius 3 is 2.81 bits per heavy atom. The SMILES string of the molecule is C[C@H]1CN(c2ccccc2F)CCN1C(=O)[C@H]1CCOC1. The normalized spacial score (nSPS) is 26.2. The number of hydrogen-bond acceptors (Lipinski definition) is 3. The summed E-state index contributed by atoms with van der Waals surface area (Å²) in [5.74, 6) is -0.00526. The molecule has 1 amide bonds. The monoisotopic (exact) mass is 292 g/mol. The molecule has 2 atom stereocenters. The van der Waals surface area contributed by atoms with Gasteiger partial charge in [-0.2, -0.15) is 0 Å². The van der Waals surface area contributed by atoms with Gasteiger partial charge in [0.05, 0.1) is 18.2 Å². The molecule has 2 aliphatic rings. The molecule has 0 N–H and O–H groups in total. The van der Waals surface area contributed by atoms with Crippen LogP contribution in [0.25, 0.3) is 0 Å². The molecule has 5 heteroatoms. The van der Waals surface area contributed by atoms with Crippen LogP contribution in [0.5, 0.6) is 0 Å². The first-order valence-corrected chi connectivity index (χ1v) is 7.54. The summed E-state index contributed by atoms with van der Waals surface area (Å²) in [6, 6.07) is 6.91. The molecule has 1 aromatic carbocycles. The Morgan fingerprint density at radius 2 is 2.14 bits per heavy atom. The van der Waals surface area contributed by atoms with Crippen LogP contribution >= 0.6 is 0 Å². The second-order valence-corrected chi connectivity index (χ2v) is 5.84. The number of nitrogens with zero attached hydrogens (tertiary/aromatic N) is 2. The molecule has 2 fully saturated rings. The fourth-order valence-electron chi connectivity index (χ4n) is 3.18. The number of benzene rings is 1. The van der Waals surface area contributed by atoms with E-state index in [-0.39, 0.29) is 23.7 Å². The molecule has 0 spiro atoms. The van der Waals surface area contributed by atoms with Gasteiger partial charge in [0.1, 0.15) is 5.82 Å². The van der Waals surface area contributed by atoms with E-state index in [1.54, 1.807) is 12.1 Å². The number of amides is 1. The maximum absolute atomic E-state index is 13.9. The highest BCUT2D eigenvalue weighted by Gasteiger charge is 2.34. The summed E-state index contributed by atoms with van der Waals surface area (Å²) in [5.41, 5.74) is 0.626. The van der Waals surface area contributed by atoms with Gasteiger partial charge in [-0.3, -0.25) is 4.79 Å². The lowest BCUT2D eigenvalue weighted by Crippen LogP contribution is -2.55. The number of anilines is 1. The van der Waals surface area contributed by atoms with Crippen LogP contribution in [-0.2, 0) is 9.53 Å². The van der Waals surface area contributed by atoms with Crippen molar-refractivity contribution in [1.29, 1.82) is 0 Å². The Balaban J connectivity index is 1.67. The Hall–Kier alpha value is -1.62. The highest BCUT2D eigenvalue weighted by molar-refractivity contribution is 5.80. The molecule has 0 saturated carbocycles. The van der Waals surface area contributed by atoms with Crippen LogP contribution < -0.4 is 4.90 Å². The zero-order valence-corrected chi connectivity index (χ0v) is 12.3. The van der Waals surface area contributed by atoms with Gasteiger partial charge < -0.3 is 14.5 Å². The summed E-state index contributed by atoms with van der Waals surface area (Å²) in [6.07, 6.45) is 0.819. The molecule has 2 aliphatic heterocycles. The molecular weight excluding hydrogens is 271 g/mol. The molecule has 2 heterocycles. The summed E-state index contributed by atoms with van der Waals surface area (Å²) in [7, 11) is 0. The Kier molecular flexibility index (Phi) is 4.10. The number of rotatable bonds is 2. The average Bonchev–Trinajstić information content (AvgIpc) is 3.01. The molecule has 1 aromatic rings. The van der Waals surface area contributed by atoms with Crippen LogP contribution in [-0.4, -0.2) is 49.7 Å². The number of carbonyl (C=O) groups is 1. The van der Waals surface area contributed by atoms with Crippen molar-refractivity contribution >= 4 is 11.6 Å². The third kappa shape index (κ3) is 2.88. The minimum Gasteiger partial charge on any atom is -0.381 e. The summed E-state index contributed by atoms with van der Waals surface area (Å²) < 4.78 is 19.2. The number of halogens is 1. The van der Waals surface area contributed by atoms with E-state index in [2.05, 4.69) is 0 Å². The van der Waals surface area contributed by atoms with Gasteiger partial charge in [-0.05, 0) is 25.5 Å². The first kappa shape index (κ1) is 14.3. The summed E-state index contributed by atoms with van der Waals surface area (Å²) in [6.45, 7) is 5.23. The Morgan fingerprint density at radius 1 is 1.33 bits per heavy atom. The first-order chi connectivity index (χ1) is 10.2. The molecule has 0 aromatic heterocycles. The average molecular weight is 292 g/mol. The topological polar surface area (TPSA) is 32.8 Å². The number of piperazine rings is 1. The molecule has 21 heavy (non-hydrogen) atoms. The van der Waals surface area contributed by atoms with Gasteiger partial charge in [-0.15, -0.1) is 0 Å². The van der Waals surface area contributed by atoms with E-state index in [9.17, 15) is 9.18 Å². The van der Waals surface area contributed by atoms with E-state index in [4.69, 9.17) is 4.74 Å². The largest absolute Gasteiger partial charge is 0.381 e. The van der Waals surface area contributed by atoms with Crippen LogP contribution in [0.3, 0.4) is 0 Å². The van der Waals surface area contributed by atoms with Crippen LogP contribution in [0.4, 0.5) is 10.1 Å². The fraction of sp³-hybridized carbons (Fsp3) is 0.562. The Bertz CT molecular complexity index is 517. The highest BCUT2D eigenvalue weighted by atomic mass is 19.1. The standard InChI is InChI=1S/C16H21FN2O2/c1-12-10-18(15-5-3-2-4-14(15)17)7-8-19(12)16(20)13-6-9-21-11-13/h2-5,12-13H,6-11H2,1H3/t12-,13-/m0/s1.